The zero-order valence-electron chi connectivity index (χ0n) is 24.5. The number of aromatic nitrogens is 1. The third-order valence-electron chi connectivity index (χ3n) is 8.71. The number of alkyl halides is 6. The number of quaternary nitrogens is 1. The molecule has 3 aromatic rings. The van der Waals surface area contributed by atoms with Gasteiger partial charge in [0.05, 0.1) is 43.6 Å². The van der Waals surface area contributed by atoms with Crippen LogP contribution >= 0.6 is 24.8 Å². The van der Waals surface area contributed by atoms with Crippen molar-refractivity contribution in [2.45, 2.75) is 24.3 Å². The number of benzene rings is 2. The number of nitrogens with one attached hydrogen (secondary N) is 2. The first kappa shape index (κ1) is 37.4. The summed E-state index contributed by atoms with van der Waals surface area (Å²) in [5, 5.41) is 16.2. The fraction of sp³-hybridized carbons (Fsp3) is 0.433. The molecule has 0 amide bonds. The molecule has 46 heavy (non-hydrogen) atoms. The van der Waals surface area contributed by atoms with Crippen molar-refractivity contribution in [3.05, 3.63) is 77.1 Å². The number of halogens is 8. The van der Waals surface area contributed by atoms with E-state index >= 15 is 0 Å². The molecule has 1 aromatic heterocycles. The number of hydrogen-bond acceptors (Lipinski definition) is 6. The largest absolute Gasteiger partial charge is 0.416 e. The van der Waals surface area contributed by atoms with Gasteiger partial charge in [-0.3, -0.25) is 4.79 Å². The smallest absolute Gasteiger partial charge is 0.390 e. The lowest BCUT2D eigenvalue weighted by molar-refractivity contribution is -1.04. The molecule has 0 saturated carbocycles. The van der Waals surface area contributed by atoms with E-state index in [4.69, 9.17) is 0 Å². The fourth-order valence-corrected chi connectivity index (χ4v) is 6.64. The molecule has 2 atom stereocenters. The Hall–Kier alpha value is -3.10. The van der Waals surface area contributed by atoms with Gasteiger partial charge in [0.1, 0.15) is 25.6 Å². The molecule has 5 rings (SSSR count). The van der Waals surface area contributed by atoms with Crippen molar-refractivity contribution in [2.24, 2.45) is 0 Å². The number of rotatable bonds is 8. The number of H-pyrrole nitrogens is 1. The number of Topliss-reactive ketones (excluding diaryl/α,β-unsaturated/α-hetero) is 1. The van der Waals surface area contributed by atoms with E-state index in [0.29, 0.717) is 55.8 Å². The van der Waals surface area contributed by atoms with Crippen LogP contribution in [0.4, 0.5) is 26.3 Å². The second-order valence-corrected chi connectivity index (χ2v) is 11.3. The van der Waals surface area contributed by atoms with Gasteiger partial charge >= 0.3 is 12.4 Å². The zero-order valence-corrected chi connectivity index (χ0v) is 26.1. The van der Waals surface area contributed by atoms with Crippen LogP contribution in [0.5, 0.6) is 0 Å². The number of ketones is 1. The number of fused-ring (bicyclic) bond motifs is 1. The van der Waals surface area contributed by atoms with Crippen molar-refractivity contribution in [3.63, 3.8) is 0 Å². The summed E-state index contributed by atoms with van der Waals surface area (Å²) < 4.78 is 83.4. The molecule has 0 radical (unpaired) electrons. The van der Waals surface area contributed by atoms with Crippen molar-refractivity contribution in [3.8, 4) is 0 Å². The Labute approximate surface area is 273 Å². The van der Waals surface area contributed by atoms with Crippen LogP contribution in [0, 0.1) is 0 Å². The molecule has 3 heterocycles. The van der Waals surface area contributed by atoms with E-state index in [1.54, 1.807) is 36.4 Å². The Morgan fingerprint density at radius 1 is 1.00 bits per heavy atom. The second-order valence-electron chi connectivity index (χ2n) is 11.3. The van der Waals surface area contributed by atoms with Crippen molar-refractivity contribution < 1.29 is 45.6 Å². The maximum atomic E-state index is 14.8. The third-order valence-corrected chi connectivity index (χ3v) is 8.71. The molecule has 2 fully saturated rings. The predicted molar refractivity (Wildman–Crippen MR) is 163 cm³/mol. The van der Waals surface area contributed by atoms with Crippen molar-refractivity contribution in [2.75, 3.05) is 59.0 Å². The predicted octanol–water partition coefficient (Wildman–Crippen LogP) is 4.50. The van der Waals surface area contributed by atoms with Gasteiger partial charge in [0.25, 0.3) is 0 Å². The van der Waals surface area contributed by atoms with Gasteiger partial charge in [-0.1, -0.05) is 18.2 Å². The minimum atomic E-state index is -5.16. The average molecular weight is 698 g/mol. The van der Waals surface area contributed by atoms with Crippen molar-refractivity contribution in [1.29, 1.82) is 0 Å². The highest BCUT2D eigenvalue weighted by Gasteiger charge is 2.57. The summed E-state index contributed by atoms with van der Waals surface area (Å²) in [7, 11) is 0. The van der Waals surface area contributed by atoms with Crippen LogP contribution in [-0.2, 0) is 23.6 Å². The molecule has 2 aliphatic rings. The number of nitrogens with zero attached hydrogens (tertiary/aromatic N) is 3. The van der Waals surface area contributed by atoms with E-state index in [-0.39, 0.29) is 68.1 Å². The summed E-state index contributed by atoms with van der Waals surface area (Å²) in [4.78, 5) is 31.1. The maximum Gasteiger partial charge on any atom is 0.416 e. The number of aromatic amines is 1. The van der Waals surface area contributed by atoms with E-state index in [1.807, 2.05) is 0 Å². The van der Waals surface area contributed by atoms with E-state index in [9.17, 15) is 41.0 Å². The van der Waals surface area contributed by atoms with Crippen LogP contribution in [0.3, 0.4) is 0 Å². The lowest BCUT2D eigenvalue weighted by atomic mass is 9.78. The molecular formula is C30H34Cl2F6N5O3+. The Balaban J connectivity index is 0.00000288. The molecule has 0 spiro atoms. The number of carbonyl (C=O) groups excluding carboxylic acids is 2. The zero-order chi connectivity index (χ0) is 31.8. The molecule has 2 aromatic carbocycles. The highest BCUT2D eigenvalue weighted by atomic mass is 35.5. The first-order chi connectivity index (χ1) is 20.8. The van der Waals surface area contributed by atoms with E-state index < -0.39 is 40.4 Å². The Bertz CT molecular complexity index is 1540. The summed E-state index contributed by atoms with van der Waals surface area (Å²) in [6, 6.07) is 8.02. The summed E-state index contributed by atoms with van der Waals surface area (Å²) >= 11 is 0. The maximum absolute atomic E-state index is 14.8. The number of aliphatic hydroxyl groups excluding tert-OH is 1. The quantitative estimate of drug-likeness (QED) is 0.139. The Morgan fingerprint density at radius 3 is 2.22 bits per heavy atom. The minimum Gasteiger partial charge on any atom is -0.390 e. The summed E-state index contributed by atoms with van der Waals surface area (Å²) in [5.74, 6) is 0.678. The molecular weight excluding hydrogens is 663 g/mol. The van der Waals surface area contributed by atoms with Crippen LogP contribution in [0.1, 0.15) is 27.0 Å². The second kappa shape index (κ2) is 14.3. The van der Waals surface area contributed by atoms with Gasteiger partial charge in [-0.05, 0) is 29.8 Å². The highest BCUT2D eigenvalue weighted by molar-refractivity contribution is 6.04. The SMILES string of the molecule is Cl.Cl.O=C=CN1CC[N+](CCO)(N2CCNCC2)CC1(Cc1c[nH]c2ccccc12)C(=O)c1cc(C(F)(F)F)cc(C(F)(F)F)c1. The van der Waals surface area contributed by atoms with Gasteiger partial charge in [0.2, 0.25) is 0 Å². The number of hydrogen-bond donors (Lipinski definition) is 3. The summed E-state index contributed by atoms with van der Waals surface area (Å²) in [5.41, 5.74) is -4.51. The van der Waals surface area contributed by atoms with Gasteiger partial charge in [0.15, 0.2) is 11.3 Å². The van der Waals surface area contributed by atoms with Crippen molar-refractivity contribution in [1.82, 2.24) is 20.2 Å². The van der Waals surface area contributed by atoms with E-state index in [0.717, 1.165) is 11.7 Å². The number of carbonyl (C=O) groups is 1. The van der Waals surface area contributed by atoms with Crippen LogP contribution in [-0.4, -0.2) is 101 Å². The molecule has 252 valence electrons. The Morgan fingerprint density at radius 2 is 1.63 bits per heavy atom. The number of para-hydroxylation sites is 1. The van der Waals surface area contributed by atoms with Gasteiger partial charge in [-0.25, -0.2) is 9.39 Å². The fourth-order valence-electron chi connectivity index (χ4n) is 6.64. The average Bonchev–Trinajstić information content (AvgIpc) is 3.40. The Kier molecular flexibility index (Phi) is 11.7. The van der Waals surface area contributed by atoms with E-state index in [1.165, 1.54) is 4.90 Å². The molecule has 2 aliphatic heterocycles. The molecule has 8 nitrogen and oxygen atoms in total. The van der Waals surface area contributed by atoms with Crippen LogP contribution < -0.4 is 5.32 Å². The van der Waals surface area contributed by atoms with Gasteiger partial charge < -0.3 is 20.3 Å². The topological polar surface area (TPSA) is 88.7 Å². The molecule has 0 aliphatic carbocycles. The van der Waals surface area contributed by atoms with Crippen LogP contribution in [0.25, 0.3) is 10.9 Å². The molecule has 2 unspecified atom stereocenters. The number of aliphatic hydroxyl groups is 1. The third kappa shape index (κ3) is 7.23. The molecule has 16 heteroatoms. The molecule has 2 saturated heterocycles. The molecule has 0 bridgehead atoms. The lowest BCUT2D eigenvalue weighted by Gasteiger charge is -2.57. The number of piperazine rings is 2. The monoisotopic (exact) mass is 696 g/mol. The first-order valence-electron chi connectivity index (χ1n) is 14.1. The highest BCUT2D eigenvalue weighted by Crippen LogP contribution is 2.40. The van der Waals surface area contributed by atoms with Gasteiger partial charge in [-0.15, -0.1) is 24.8 Å². The van der Waals surface area contributed by atoms with Crippen molar-refractivity contribution >= 4 is 47.4 Å². The summed E-state index contributed by atoms with van der Waals surface area (Å²) in [6.07, 6.45) is -7.81. The van der Waals surface area contributed by atoms with E-state index in [2.05, 4.69) is 15.3 Å². The standard InChI is InChI=1S/C30H32F6N5O3.2ClH/c31-29(32,33)23-15-21(16-24(17-23)30(34,35)36)27(44)28(18-22-19-38-26-4-2-1-3-25(22)26)20-41(12-14-43,11-9-39(28)10-13-42)40-7-5-37-6-8-40;;/h1-4,10,15-17,19,37-38,43H,5-9,11-12,14,18,20H2;2*1H/q+1;;. The molecule has 3 N–H and O–H groups in total. The van der Waals surface area contributed by atoms with Gasteiger partial charge in [0, 0.05) is 42.2 Å². The normalized spacial score (nSPS) is 22.5. The van der Waals surface area contributed by atoms with Gasteiger partial charge in [-0.2, -0.15) is 31.4 Å². The lowest BCUT2D eigenvalue weighted by Crippen LogP contribution is -2.78. The summed E-state index contributed by atoms with van der Waals surface area (Å²) in [6.45, 7) is 2.40. The van der Waals surface area contributed by atoms with Crippen LogP contribution in [0.15, 0.2) is 54.9 Å². The van der Waals surface area contributed by atoms with Crippen LogP contribution in [0.2, 0.25) is 0 Å². The first-order valence-corrected chi connectivity index (χ1v) is 14.1. The minimum absolute atomic E-state index is 0.